The van der Waals surface area contributed by atoms with Crippen LogP contribution in [0.3, 0.4) is 0 Å². The van der Waals surface area contributed by atoms with Crippen molar-refractivity contribution in [3.05, 3.63) is 35.4 Å². The Bertz CT molecular complexity index is 469. The normalized spacial score (nSPS) is 12.7. The number of hydrogen-bond acceptors (Lipinski definition) is 1. The fourth-order valence-corrected chi connectivity index (χ4v) is 1.95. The second-order valence-electron chi connectivity index (χ2n) is 4.68. The van der Waals surface area contributed by atoms with Gasteiger partial charge in [0.25, 0.3) is 0 Å². The molecule has 1 atom stereocenters. The van der Waals surface area contributed by atoms with Crippen molar-refractivity contribution in [1.29, 1.82) is 0 Å². The van der Waals surface area contributed by atoms with Gasteiger partial charge in [-0.25, -0.2) is 0 Å². The lowest BCUT2D eigenvalue weighted by Crippen LogP contribution is -2.31. The first-order chi connectivity index (χ1) is 9.47. The first kappa shape index (κ1) is 16.6. The van der Waals surface area contributed by atoms with Crippen molar-refractivity contribution in [2.45, 2.75) is 45.3 Å². The molecule has 1 rings (SSSR count). The van der Waals surface area contributed by atoms with Crippen LogP contribution in [0.15, 0.2) is 24.3 Å². The molecule has 0 aliphatic carbocycles. The van der Waals surface area contributed by atoms with Crippen LogP contribution in [-0.4, -0.2) is 12.6 Å². The summed E-state index contributed by atoms with van der Waals surface area (Å²) in [7, 11) is 0. The van der Waals surface area contributed by atoms with Gasteiger partial charge in [0.15, 0.2) is 0 Å². The van der Waals surface area contributed by atoms with Crippen LogP contribution in [0.2, 0.25) is 0 Å². The molecule has 0 saturated carbocycles. The van der Waals surface area contributed by atoms with Crippen molar-refractivity contribution in [2.75, 3.05) is 6.54 Å². The Labute approximate surface area is 118 Å². The Morgan fingerprint density at radius 1 is 1.30 bits per heavy atom. The molecule has 110 valence electrons. The van der Waals surface area contributed by atoms with Crippen LogP contribution in [0.25, 0.3) is 0 Å². The van der Waals surface area contributed by atoms with E-state index in [0.717, 1.165) is 19.0 Å². The molecule has 0 aliphatic heterocycles. The predicted molar refractivity (Wildman–Crippen MR) is 75.3 cm³/mol. The molecule has 0 aromatic heterocycles. The van der Waals surface area contributed by atoms with Gasteiger partial charge in [-0.2, -0.15) is 13.2 Å². The summed E-state index contributed by atoms with van der Waals surface area (Å²) in [6.45, 7) is 4.66. The van der Waals surface area contributed by atoms with E-state index in [1.807, 2.05) is 0 Å². The van der Waals surface area contributed by atoms with Gasteiger partial charge in [0.2, 0.25) is 0 Å². The number of alkyl halides is 3. The maximum atomic E-state index is 12.7. The van der Waals surface area contributed by atoms with Gasteiger partial charge in [-0.3, -0.25) is 0 Å². The molecule has 1 aromatic rings. The molecule has 0 bridgehead atoms. The van der Waals surface area contributed by atoms with E-state index in [0.29, 0.717) is 18.4 Å². The number of rotatable bonds is 6. The lowest BCUT2D eigenvalue weighted by atomic mass is 10.0. The summed E-state index contributed by atoms with van der Waals surface area (Å²) in [5, 5.41) is 3.33. The summed E-state index contributed by atoms with van der Waals surface area (Å²) in [5.41, 5.74) is 0.0946. The highest BCUT2D eigenvalue weighted by atomic mass is 19.4. The largest absolute Gasteiger partial charge is 0.416 e. The molecule has 0 radical (unpaired) electrons. The van der Waals surface area contributed by atoms with Crippen LogP contribution >= 0.6 is 0 Å². The van der Waals surface area contributed by atoms with E-state index in [1.165, 1.54) is 12.1 Å². The quantitative estimate of drug-likeness (QED) is 0.777. The molecule has 0 saturated heterocycles. The first-order valence-corrected chi connectivity index (χ1v) is 6.76. The van der Waals surface area contributed by atoms with Gasteiger partial charge in [0.1, 0.15) is 0 Å². The second kappa shape index (κ2) is 7.96. The lowest BCUT2D eigenvalue weighted by Gasteiger charge is -2.17. The minimum Gasteiger partial charge on any atom is -0.313 e. The van der Waals surface area contributed by atoms with E-state index in [-0.39, 0.29) is 6.04 Å². The lowest BCUT2D eigenvalue weighted by molar-refractivity contribution is -0.137. The molecule has 0 heterocycles. The minimum absolute atomic E-state index is 0.0888. The standard InChI is InChI=1S/C16H20F3N/c1-3-5-9-15(20-10-4-2)12-13-7-6-8-14(11-13)16(17,18)19/h6-8,11,15,20H,4,9-10,12H2,1-2H3. The molecule has 1 N–H and O–H groups in total. The fourth-order valence-electron chi connectivity index (χ4n) is 1.95. The summed E-state index contributed by atoms with van der Waals surface area (Å²) >= 11 is 0. The third-order valence-corrected chi connectivity index (χ3v) is 2.94. The number of nitrogens with one attached hydrogen (secondary N) is 1. The molecule has 0 amide bonds. The molecule has 4 heteroatoms. The summed E-state index contributed by atoms with van der Waals surface area (Å²) in [4.78, 5) is 0. The molecular weight excluding hydrogens is 263 g/mol. The topological polar surface area (TPSA) is 12.0 Å². The Balaban J connectivity index is 2.78. The van der Waals surface area contributed by atoms with E-state index < -0.39 is 11.7 Å². The predicted octanol–water partition coefficient (Wildman–Crippen LogP) is 4.03. The Morgan fingerprint density at radius 3 is 2.65 bits per heavy atom. The number of hydrogen-bond donors (Lipinski definition) is 1. The third-order valence-electron chi connectivity index (χ3n) is 2.94. The smallest absolute Gasteiger partial charge is 0.313 e. The number of benzene rings is 1. The van der Waals surface area contributed by atoms with Crippen molar-refractivity contribution in [2.24, 2.45) is 0 Å². The molecule has 1 aromatic carbocycles. The molecule has 0 fully saturated rings. The van der Waals surface area contributed by atoms with Crippen molar-refractivity contribution in [3.8, 4) is 11.8 Å². The van der Waals surface area contributed by atoms with Crippen LogP contribution in [0.1, 0.15) is 37.8 Å². The highest BCUT2D eigenvalue weighted by Crippen LogP contribution is 2.29. The third kappa shape index (κ3) is 5.66. The van der Waals surface area contributed by atoms with Crippen LogP contribution < -0.4 is 5.32 Å². The summed E-state index contributed by atoms with van der Waals surface area (Å²) in [6.07, 6.45) is -2.10. The summed E-state index contributed by atoms with van der Waals surface area (Å²) < 4.78 is 38.0. The second-order valence-corrected chi connectivity index (χ2v) is 4.68. The van der Waals surface area contributed by atoms with E-state index in [4.69, 9.17) is 0 Å². The Hall–Kier alpha value is -1.47. The summed E-state index contributed by atoms with van der Waals surface area (Å²) in [5.74, 6) is 5.81. The molecule has 0 aliphatic rings. The highest BCUT2D eigenvalue weighted by Gasteiger charge is 2.30. The van der Waals surface area contributed by atoms with Crippen LogP contribution in [0.4, 0.5) is 13.2 Å². The maximum Gasteiger partial charge on any atom is 0.416 e. The summed E-state index contributed by atoms with van der Waals surface area (Å²) in [6, 6.07) is 5.60. The van der Waals surface area contributed by atoms with Gasteiger partial charge in [-0.05, 0) is 37.9 Å². The Kier molecular flexibility index (Phi) is 6.60. The number of halogens is 3. The van der Waals surface area contributed by atoms with E-state index >= 15 is 0 Å². The maximum absolute atomic E-state index is 12.7. The van der Waals surface area contributed by atoms with E-state index in [1.54, 1.807) is 13.0 Å². The molecule has 0 spiro atoms. The van der Waals surface area contributed by atoms with Crippen molar-refractivity contribution < 1.29 is 13.2 Å². The zero-order chi connectivity index (χ0) is 15.0. The van der Waals surface area contributed by atoms with Gasteiger partial charge in [0.05, 0.1) is 5.56 Å². The van der Waals surface area contributed by atoms with Gasteiger partial charge in [-0.15, -0.1) is 11.8 Å². The van der Waals surface area contributed by atoms with Gasteiger partial charge in [0, 0.05) is 12.5 Å². The van der Waals surface area contributed by atoms with E-state index in [9.17, 15) is 13.2 Å². The average molecular weight is 283 g/mol. The zero-order valence-electron chi connectivity index (χ0n) is 11.8. The highest BCUT2D eigenvalue weighted by molar-refractivity contribution is 5.26. The van der Waals surface area contributed by atoms with Gasteiger partial charge < -0.3 is 5.32 Å². The molecule has 1 nitrogen and oxygen atoms in total. The van der Waals surface area contributed by atoms with Crippen LogP contribution in [0, 0.1) is 11.8 Å². The first-order valence-electron chi connectivity index (χ1n) is 6.76. The van der Waals surface area contributed by atoms with Crippen LogP contribution in [0.5, 0.6) is 0 Å². The van der Waals surface area contributed by atoms with Crippen molar-refractivity contribution in [3.63, 3.8) is 0 Å². The molecular formula is C16H20F3N. The van der Waals surface area contributed by atoms with Crippen molar-refractivity contribution in [1.82, 2.24) is 5.32 Å². The molecule has 20 heavy (non-hydrogen) atoms. The Morgan fingerprint density at radius 2 is 2.05 bits per heavy atom. The average Bonchev–Trinajstić information content (AvgIpc) is 2.41. The zero-order valence-corrected chi connectivity index (χ0v) is 11.8. The molecule has 1 unspecified atom stereocenters. The fraction of sp³-hybridized carbons (Fsp3) is 0.500. The van der Waals surface area contributed by atoms with E-state index in [2.05, 4.69) is 24.1 Å². The minimum atomic E-state index is -4.29. The van der Waals surface area contributed by atoms with Crippen LogP contribution in [-0.2, 0) is 12.6 Å². The van der Waals surface area contributed by atoms with Gasteiger partial charge >= 0.3 is 6.18 Å². The van der Waals surface area contributed by atoms with Gasteiger partial charge in [-0.1, -0.05) is 25.1 Å². The van der Waals surface area contributed by atoms with Crippen molar-refractivity contribution >= 4 is 0 Å². The monoisotopic (exact) mass is 283 g/mol. The SMILES string of the molecule is CC#CCC(Cc1cccc(C(F)(F)F)c1)NCCC.